The highest BCUT2D eigenvalue weighted by Gasteiger charge is 2.28. The summed E-state index contributed by atoms with van der Waals surface area (Å²) in [7, 11) is 1.78. The molecule has 1 aliphatic rings. The molecule has 1 heterocycles. The van der Waals surface area contributed by atoms with E-state index < -0.39 is 0 Å². The molecule has 1 aromatic rings. The van der Waals surface area contributed by atoms with Crippen molar-refractivity contribution in [3.8, 4) is 0 Å². The molecule has 1 aliphatic carbocycles. The lowest BCUT2D eigenvalue weighted by Gasteiger charge is -2.32. The second kappa shape index (κ2) is 6.22. The Kier molecular flexibility index (Phi) is 4.63. The van der Waals surface area contributed by atoms with Gasteiger partial charge in [0.25, 0.3) is 0 Å². The number of furan rings is 1. The maximum atomic E-state index is 6.27. The highest BCUT2D eigenvalue weighted by Crippen LogP contribution is 2.29. The third-order valence-electron chi connectivity index (χ3n) is 3.83. The van der Waals surface area contributed by atoms with Gasteiger partial charge in [-0.1, -0.05) is 19.3 Å². The van der Waals surface area contributed by atoms with Gasteiger partial charge in [0.05, 0.1) is 12.4 Å². The molecule has 2 N–H and O–H groups in total. The molecule has 0 aliphatic heterocycles. The quantitative estimate of drug-likeness (QED) is 0.856. The van der Waals surface area contributed by atoms with Crippen LogP contribution in [0.15, 0.2) is 22.8 Å². The number of hydrogen-bond acceptors (Lipinski definition) is 3. The van der Waals surface area contributed by atoms with E-state index in [2.05, 4.69) is 0 Å². The van der Waals surface area contributed by atoms with Gasteiger partial charge in [-0.05, 0) is 30.9 Å². The SMILES string of the molecule is COC(C(N)Cc1ccco1)C1CCCCC1. The standard InChI is InChI=1S/C14H23NO2/c1-16-14(11-6-3-2-4-7-11)13(15)10-12-8-5-9-17-12/h5,8-9,11,13-14H,2-4,6-7,10,15H2,1H3. The Morgan fingerprint density at radius 2 is 2.18 bits per heavy atom. The average molecular weight is 237 g/mol. The summed E-state index contributed by atoms with van der Waals surface area (Å²) in [5.41, 5.74) is 6.27. The fourth-order valence-corrected chi connectivity index (χ4v) is 2.96. The Balaban J connectivity index is 1.92. The molecule has 0 saturated heterocycles. The summed E-state index contributed by atoms with van der Waals surface area (Å²) in [5.74, 6) is 1.58. The van der Waals surface area contributed by atoms with Crippen LogP contribution in [0.4, 0.5) is 0 Å². The van der Waals surface area contributed by atoms with Gasteiger partial charge < -0.3 is 14.9 Å². The van der Waals surface area contributed by atoms with E-state index in [9.17, 15) is 0 Å². The monoisotopic (exact) mass is 237 g/mol. The lowest BCUT2D eigenvalue weighted by Crippen LogP contribution is -2.43. The van der Waals surface area contributed by atoms with Crippen LogP contribution < -0.4 is 5.73 Å². The molecule has 2 atom stereocenters. The van der Waals surface area contributed by atoms with Gasteiger partial charge in [0, 0.05) is 19.6 Å². The van der Waals surface area contributed by atoms with Gasteiger partial charge in [0.2, 0.25) is 0 Å². The molecule has 0 bridgehead atoms. The molecule has 1 fully saturated rings. The minimum atomic E-state index is 0.0363. The maximum absolute atomic E-state index is 6.27. The first-order valence-electron chi connectivity index (χ1n) is 6.62. The number of hydrogen-bond donors (Lipinski definition) is 1. The smallest absolute Gasteiger partial charge is 0.105 e. The van der Waals surface area contributed by atoms with Crippen molar-refractivity contribution in [3.63, 3.8) is 0 Å². The third kappa shape index (κ3) is 3.33. The minimum absolute atomic E-state index is 0.0363. The van der Waals surface area contributed by atoms with E-state index in [1.165, 1.54) is 32.1 Å². The van der Waals surface area contributed by atoms with Crippen LogP contribution in [0.5, 0.6) is 0 Å². The normalized spacial score (nSPS) is 21.3. The summed E-state index contributed by atoms with van der Waals surface area (Å²) >= 11 is 0. The van der Waals surface area contributed by atoms with E-state index in [0.717, 1.165) is 12.2 Å². The van der Waals surface area contributed by atoms with Crippen LogP contribution in [0.2, 0.25) is 0 Å². The van der Waals surface area contributed by atoms with E-state index in [1.807, 2.05) is 12.1 Å². The van der Waals surface area contributed by atoms with Gasteiger partial charge in [-0.3, -0.25) is 0 Å². The van der Waals surface area contributed by atoms with Crippen molar-refractivity contribution in [2.45, 2.75) is 50.7 Å². The molecular formula is C14H23NO2. The van der Waals surface area contributed by atoms with Gasteiger partial charge in [-0.25, -0.2) is 0 Å². The maximum Gasteiger partial charge on any atom is 0.105 e. The first-order chi connectivity index (χ1) is 8.31. The minimum Gasteiger partial charge on any atom is -0.469 e. The largest absolute Gasteiger partial charge is 0.469 e. The van der Waals surface area contributed by atoms with Gasteiger partial charge in [0.15, 0.2) is 0 Å². The number of rotatable bonds is 5. The Morgan fingerprint density at radius 1 is 1.41 bits per heavy atom. The Labute approximate surface area is 103 Å². The molecule has 0 radical (unpaired) electrons. The summed E-state index contributed by atoms with van der Waals surface area (Å²) < 4.78 is 11.0. The summed E-state index contributed by atoms with van der Waals surface area (Å²) in [4.78, 5) is 0. The second-order valence-corrected chi connectivity index (χ2v) is 5.05. The summed E-state index contributed by atoms with van der Waals surface area (Å²) in [6.45, 7) is 0. The van der Waals surface area contributed by atoms with Crippen molar-refractivity contribution in [2.24, 2.45) is 11.7 Å². The fraction of sp³-hybridized carbons (Fsp3) is 0.714. The van der Waals surface area contributed by atoms with Crippen LogP contribution in [-0.4, -0.2) is 19.3 Å². The van der Waals surface area contributed by atoms with Crippen LogP contribution in [0, 0.1) is 5.92 Å². The number of ether oxygens (including phenoxy) is 1. The van der Waals surface area contributed by atoms with Crippen LogP contribution in [0.25, 0.3) is 0 Å². The predicted molar refractivity (Wildman–Crippen MR) is 67.8 cm³/mol. The Hall–Kier alpha value is -0.800. The zero-order valence-corrected chi connectivity index (χ0v) is 10.6. The molecule has 0 spiro atoms. The molecule has 96 valence electrons. The molecule has 1 aromatic heterocycles. The summed E-state index contributed by atoms with van der Waals surface area (Å²) in [6, 6.07) is 3.92. The third-order valence-corrected chi connectivity index (χ3v) is 3.83. The molecule has 1 saturated carbocycles. The van der Waals surface area contributed by atoms with E-state index >= 15 is 0 Å². The first kappa shape index (κ1) is 12.7. The molecule has 3 heteroatoms. The molecule has 2 rings (SSSR count). The van der Waals surface area contributed by atoms with Gasteiger partial charge in [0.1, 0.15) is 5.76 Å². The van der Waals surface area contributed by atoms with Gasteiger partial charge >= 0.3 is 0 Å². The van der Waals surface area contributed by atoms with Crippen LogP contribution in [0.1, 0.15) is 37.9 Å². The first-order valence-corrected chi connectivity index (χ1v) is 6.62. The lowest BCUT2D eigenvalue weighted by atomic mass is 9.82. The number of methoxy groups -OCH3 is 1. The Bertz CT molecular complexity index is 304. The fourth-order valence-electron chi connectivity index (χ4n) is 2.96. The number of nitrogens with two attached hydrogens (primary N) is 1. The summed E-state index contributed by atoms with van der Waals surface area (Å²) in [5, 5.41) is 0. The molecule has 17 heavy (non-hydrogen) atoms. The van der Waals surface area contributed by atoms with E-state index in [1.54, 1.807) is 13.4 Å². The van der Waals surface area contributed by atoms with Crippen molar-refractivity contribution in [3.05, 3.63) is 24.2 Å². The highest BCUT2D eigenvalue weighted by atomic mass is 16.5. The Morgan fingerprint density at radius 3 is 2.76 bits per heavy atom. The topological polar surface area (TPSA) is 48.4 Å². The molecule has 0 aromatic carbocycles. The van der Waals surface area contributed by atoms with Crippen molar-refractivity contribution in [2.75, 3.05) is 7.11 Å². The van der Waals surface area contributed by atoms with E-state index in [4.69, 9.17) is 14.9 Å². The predicted octanol–water partition coefficient (Wildman–Crippen LogP) is 2.74. The second-order valence-electron chi connectivity index (χ2n) is 5.05. The van der Waals surface area contributed by atoms with Crippen LogP contribution in [-0.2, 0) is 11.2 Å². The summed E-state index contributed by atoms with van der Waals surface area (Å²) in [6.07, 6.45) is 9.14. The zero-order chi connectivity index (χ0) is 12.1. The van der Waals surface area contributed by atoms with Crippen molar-refractivity contribution >= 4 is 0 Å². The van der Waals surface area contributed by atoms with E-state index in [-0.39, 0.29) is 12.1 Å². The molecule has 3 nitrogen and oxygen atoms in total. The van der Waals surface area contributed by atoms with E-state index in [0.29, 0.717) is 5.92 Å². The van der Waals surface area contributed by atoms with Crippen molar-refractivity contribution < 1.29 is 9.15 Å². The van der Waals surface area contributed by atoms with Crippen molar-refractivity contribution in [1.29, 1.82) is 0 Å². The van der Waals surface area contributed by atoms with Crippen LogP contribution in [0.3, 0.4) is 0 Å². The highest BCUT2D eigenvalue weighted by molar-refractivity contribution is 5.01. The molecule has 2 unspecified atom stereocenters. The van der Waals surface area contributed by atoms with Gasteiger partial charge in [-0.15, -0.1) is 0 Å². The van der Waals surface area contributed by atoms with Gasteiger partial charge in [-0.2, -0.15) is 0 Å². The zero-order valence-electron chi connectivity index (χ0n) is 10.6. The van der Waals surface area contributed by atoms with Crippen molar-refractivity contribution in [1.82, 2.24) is 0 Å². The van der Waals surface area contributed by atoms with Crippen LogP contribution >= 0.6 is 0 Å². The average Bonchev–Trinajstić information content (AvgIpc) is 2.84. The molecular weight excluding hydrogens is 214 g/mol. The lowest BCUT2D eigenvalue weighted by molar-refractivity contribution is 0.0168. The molecule has 0 amide bonds.